The van der Waals surface area contributed by atoms with Crippen LogP contribution < -0.4 is 10.1 Å². The maximum Gasteiger partial charge on any atom is 0.251 e. The Morgan fingerprint density at radius 1 is 1.18 bits per heavy atom. The van der Waals surface area contributed by atoms with Gasteiger partial charge in [-0.3, -0.25) is 4.79 Å². The summed E-state index contributed by atoms with van der Waals surface area (Å²) in [7, 11) is 1.40. The van der Waals surface area contributed by atoms with Gasteiger partial charge in [-0.1, -0.05) is 11.6 Å². The van der Waals surface area contributed by atoms with Crippen LogP contribution in [0.1, 0.15) is 47.3 Å². The van der Waals surface area contributed by atoms with Crippen molar-refractivity contribution in [3.63, 3.8) is 0 Å². The largest absolute Gasteiger partial charge is 0.494 e. The van der Waals surface area contributed by atoms with Gasteiger partial charge in [0.25, 0.3) is 5.91 Å². The Bertz CT molecular complexity index is 1870. The van der Waals surface area contributed by atoms with Gasteiger partial charge in [-0.25, -0.2) is 27.2 Å². The molecule has 2 saturated carbocycles. The lowest BCUT2D eigenvalue weighted by Crippen LogP contribution is -2.48. The fraction of sp³-hybridized carbons (Fsp3) is 0.387. The van der Waals surface area contributed by atoms with E-state index in [0.717, 1.165) is 6.07 Å². The number of aliphatic hydroxyl groups is 2. The zero-order valence-electron chi connectivity index (χ0n) is 23.8. The Balaban J connectivity index is 1.25. The van der Waals surface area contributed by atoms with Gasteiger partial charge in [0.2, 0.25) is 5.79 Å². The summed E-state index contributed by atoms with van der Waals surface area (Å²) in [6.07, 6.45) is 3.27. The van der Waals surface area contributed by atoms with E-state index in [1.54, 1.807) is 0 Å². The molecule has 0 spiro atoms. The van der Waals surface area contributed by atoms with Crippen molar-refractivity contribution in [2.45, 2.75) is 42.7 Å². The number of aromatic nitrogens is 3. The summed E-state index contributed by atoms with van der Waals surface area (Å²) in [4.78, 5) is 17.7. The Kier molecular flexibility index (Phi) is 6.89. The Labute approximate surface area is 258 Å². The fourth-order valence-corrected chi connectivity index (χ4v) is 5.84. The molecule has 0 radical (unpaired) electrons. The maximum absolute atomic E-state index is 15.9. The van der Waals surface area contributed by atoms with Crippen LogP contribution in [0.15, 0.2) is 36.5 Å². The molecule has 2 aliphatic carbocycles. The normalized spacial score (nSPS) is 19.6. The summed E-state index contributed by atoms with van der Waals surface area (Å²) in [5.74, 6) is -5.63. The summed E-state index contributed by atoms with van der Waals surface area (Å²) in [6, 6.07) is 5.53. The number of alkyl halides is 1. The minimum Gasteiger partial charge on any atom is -0.494 e. The van der Waals surface area contributed by atoms with Crippen LogP contribution in [0.3, 0.4) is 0 Å². The van der Waals surface area contributed by atoms with Gasteiger partial charge in [-0.15, -0.1) is 0 Å². The Hall–Kier alpha value is -3.78. The van der Waals surface area contributed by atoms with E-state index in [1.165, 1.54) is 36.2 Å². The van der Waals surface area contributed by atoms with Crippen molar-refractivity contribution in [3.8, 4) is 17.0 Å². The van der Waals surface area contributed by atoms with Gasteiger partial charge in [0.05, 0.1) is 37.6 Å². The van der Waals surface area contributed by atoms with Crippen molar-refractivity contribution < 1.29 is 42.0 Å². The quantitative estimate of drug-likeness (QED) is 0.176. The predicted octanol–water partition coefficient (Wildman–Crippen LogP) is 4.84. The first kappa shape index (κ1) is 29.9. The molecule has 1 saturated heterocycles. The van der Waals surface area contributed by atoms with Gasteiger partial charge in [-0.05, 0) is 43.0 Å². The molecule has 2 aromatic carbocycles. The third kappa shape index (κ3) is 5.02. The van der Waals surface area contributed by atoms with Gasteiger partial charge in [0.15, 0.2) is 5.82 Å². The highest BCUT2D eigenvalue weighted by molar-refractivity contribution is 6.31. The van der Waals surface area contributed by atoms with Crippen LogP contribution in [0.2, 0.25) is 5.02 Å². The zero-order valence-corrected chi connectivity index (χ0v) is 24.6. The lowest BCUT2D eigenvalue weighted by Gasteiger charge is -2.38. The average molecular weight is 647 g/mol. The molecule has 1 aliphatic heterocycles. The Morgan fingerprint density at radius 2 is 1.91 bits per heavy atom. The van der Waals surface area contributed by atoms with E-state index >= 15 is 4.39 Å². The number of amides is 1. The van der Waals surface area contributed by atoms with Crippen LogP contribution in [-0.2, 0) is 21.7 Å². The number of carbonyl (C=O) groups is 1. The number of pyridine rings is 1. The number of hydrogen-bond donors (Lipinski definition) is 3. The summed E-state index contributed by atoms with van der Waals surface area (Å²) in [6.45, 7) is -0.909. The van der Waals surface area contributed by atoms with Gasteiger partial charge in [0.1, 0.15) is 39.8 Å². The number of rotatable bonds is 9. The molecule has 7 rings (SSSR count). The number of halogens is 5. The molecule has 3 aliphatic rings. The molecule has 3 fully saturated rings. The first-order chi connectivity index (χ1) is 21.3. The summed E-state index contributed by atoms with van der Waals surface area (Å²) < 4.78 is 71.2. The van der Waals surface area contributed by atoms with E-state index < -0.39 is 62.6 Å². The second-order valence-corrected chi connectivity index (χ2v) is 12.4. The molecule has 3 heterocycles. The van der Waals surface area contributed by atoms with Crippen LogP contribution in [0, 0.1) is 23.4 Å². The topological polar surface area (TPSA) is 119 Å². The molecule has 2 aromatic heterocycles. The molecule has 45 heavy (non-hydrogen) atoms. The van der Waals surface area contributed by atoms with Crippen LogP contribution in [-0.4, -0.2) is 57.8 Å². The molecule has 0 unspecified atom stereocenters. The van der Waals surface area contributed by atoms with Crippen LogP contribution in [0.5, 0.6) is 5.75 Å². The van der Waals surface area contributed by atoms with E-state index in [9.17, 15) is 28.2 Å². The maximum atomic E-state index is 15.9. The first-order valence-electron chi connectivity index (χ1n) is 14.3. The predicted molar refractivity (Wildman–Crippen MR) is 153 cm³/mol. The number of ether oxygens (including phenoxy) is 2. The average Bonchev–Trinajstić information content (AvgIpc) is 3.94. The number of benzene rings is 2. The van der Waals surface area contributed by atoms with Gasteiger partial charge < -0.3 is 25.0 Å². The lowest BCUT2D eigenvalue weighted by atomic mass is 9.85. The number of fused-ring (bicyclic) bond motifs is 1. The molecule has 9 nitrogen and oxygen atoms in total. The highest BCUT2D eigenvalue weighted by Crippen LogP contribution is 2.48. The van der Waals surface area contributed by atoms with Crippen molar-refractivity contribution in [2.75, 3.05) is 26.9 Å². The minimum absolute atomic E-state index is 0.135. The van der Waals surface area contributed by atoms with Crippen molar-refractivity contribution in [2.24, 2.45) is 5.92 Å². The van der Waals surface area contributed by atoms with E-state index in [-0.39, 0.29) is 42.3 Å². The summed E-state index contributed by atoms with van der Waals surface area (Å²) >= 11 is 5.88. The fourth-order valence-electron chi connectivity index (χ4n) is 5.67. The molecule has 14 heteroatoms. The third-order valence-electron chi connectivity index (χ3n) is 8.75. The second-order valence-electron chi connectivity index (χ2n) is 12.0. The van der Waals surface area contributed by atoms with E-state index in [0.29, 0.717) is 42.7 Å². The highest BCUT2D eigenvalue weighted by atomic mass is 35.5. The SMILES string of the molecule is COc1cc(C(=O)NC[C@](O)(c2cc(C3(O)COC3)c(F)c(-c3cc(Cl)c(F)cc3F)n2)C2CC2)cc2cn(C3(F)CC3)nc12. The number of nitrogens with zero attached hydrogens (tertiary/aromatic N) is 3. The summed E-state index contributed by atoms with van der Waals surface area (Å²) in [5, 5.41) is 30.1. The molecule has 1 amide bonds. The van der Waals surface area contributed by atoms with Gasteiger partial charge in [0, 0.05) is 47.2 Å². The minimum atomic E-state index is -1.88. The van der Waals surface area contributed by atoms with Crippen LogP contribution in [0.4, 0.5) is 17.6 Å². The zero-order chi connectivity index (χ0) is 31.9. The molecular formula is C31H27ClF4N4O5. The van der Waals surface area contributed by atoms with Crippen molar-refractivity contribution in [3.05, 3.63) is 75.8 Å². The second kappa shape index (κ2) is 10.4. The molecule has 4 aromatic rings. The number of methoxy groups -OCH3 is 1. The van der Waals surface area contributed by atoms with Crippen molar-refractivity contribution in [1.29, 1.82) is 0 Å². The number of nitrogens with one attached hydrogen (secondary N) is 1. The highest BCUT2D eigenvalue weighted by Gasteiger charge is 2.49. The molecular weight excluding hydrogens is 620 g/mol. The number of carbonyl (C=O) groups excluding carboxylic acids is 1. The van der Waals surface area contributed by atoms with Gasteiger partial charge in [-0.2, -0.15) is 5.10 Å². The lowest BCUT2D eigenvalue weighted by molar-refractivity contribution is -0.186. The van der Waals surface area contributed by atoms with E-state index in [2.05, 4.69) is 15.4 Å². The standard InChI is InChI=1S/C31H27ClF4N4O5/c1-44-23-7-15(6-16-11-40(39-26(16)23)30(36)4-5-30)28(41)37-12-31(43,17-2-3-17)24-9-19(29(42)13-45-14-29)25(35)27(38-24)18-8-20(32)22(34)10-21(18)33/h6-11,17,42-43H,2-5,12-14H2,1H3,(H,37,41)/t31-/m1/s1. The van der Waals surface area contributed by atoms with Crippen LogP contribution >= 0.6 is 11.6 Å². The molecule has 0 bridgehead atoms. The van der Waals surface area contributed by atoms with Crippen LogP contribution in [0.25, 0.3) is 22.2 Å². The van der Waals surface area contributed by atoms with Crippen molar-refractivity contribution >= 4 is 28.4 Å². The number of hydrogen-bond acceptors (Lipinski definition) is 7. The monoisotopic (exact) mass is 646 g/mol. The van der Waals surface area contributed by atoms with E-state index in [4.69, 9.17) is 21.1 Å². The molecule has 3 N–H and O–H groups in total. The molecule has 1 atom stereocenters. The molecule has 236 valence electrons. The summed E-state index contributed by atoms with van der Waals surface area (Å²) in [5.41, 5.74) is -4.64. The van der Waals surface area contributed by atoms with E-state index in [1.807, 2.05) is 0 Å². The van der Waals surface area contributed by atoms with Crippen molar-refractivity contribution in [1.82, 2.24) is 20.1 Å². The van der Waals surface area contributed by atoms with Gasteiger partial charge >= 0.3 is 0 Å². The Morgan fingerprint density at radius 3 is 2.53 bits per heavy atom. The third-order valence-corrected chi connectivity index (χ3v) is 9.04. The first-order valence-corrected chi connectivity index (χ1v) is 14.7. The smallest absolute Gasteiger partial charge is 0.251 e.